The van der Waals surface area contributed by atoms with Crippen LogP contribution in [-0.4, -0.2) is 39.6 Å². The predicted octanol–water partition coefficient (Wildman–Crippen LogP) is 5.53. The van der Waals surface area contributed by atoms with Gasteiger partial charge in [-0.15, -0.1) is 11.3 Å². The molecule has 0 aliphatic carbocycles. The van der Waals surface area contributed by atoms with Crippen molar-refractivity contribution < 1.29 is 27.5 Å². The maximum Gasteiger partial charge on any atom is 0.348 e. The Morgan fingerprint density at radius 3 is 2.24 bits per heavy atom. The number of carbonyl (C=O) groups is 2. The zero-order chi connectivity index (χ0) is 24.6. The fraction of sp³-hybridized carbons (Fsp3) is 0.273. The number of esters is 2. The lowest BCUT2D eigenvalue weighted by molar-refractivity contribution is -0.152. The van der Waals surface area contributed by atoms with E-state index in [1.807, 2.05) is 0 Å². The van der Waals surface area contributed by atoms with E-state index in [0.717, 1.165) is 9.01 Å². The summed E-state index contributed by atoms with van der Waals surface area (Å²) in [5.74, 6) is -1.23. The molecule has 0 spiro atoms. The van der Waals surface area contributed by atoms with Gasteiger partial charge in [0.25, 0.3) is 10.0 Å². The summed E-state index contributed by atoms with van der Waals surface area (Å²) >= 11 is 13.3. The maximum absolute atomic E-state index is 13.6. The van der Waals surface area contributed by atoms with E-state index < -0.39 is 34.1 Å². The van der Waals surface area contributed by atoms with Crippen LogP contribution in [0.5, 0.6) is 0 Å². The van der Waals surface area contributed by atoms with Gasteiger partial charge in [-0.3, -0.25) is 9.10 Å². The van der Waals surface area contributed by atoms with Crippen molar-refractivity contribution in [1.29, 1.82) is 0 Å². The number of carbonyl (C=O) groups excluding carboxylic acids is 2. The van der Waals surface area contributed by atoms with Crippen molar-refractivity contribution >= 4 is 72.3 Å². The molecule has 0 atom stereocenters. The number of methoxy groups -OCH3 is 1. The summed E-state index contributed by atoms with van der Waals surface area (Å²) in [6.45, 7) is 4.48. The molecule has 7 nitrogen and oxygen atoms in total. The number of benzene rings is 2. The van der Waals surface area contributed by atoms with Gasteiger partial charge in [-0.25, -0.2) is 13.2 Å². The topological polar surface area (TPSA) is 90.0 Å². The maximum atomic E-state index is 13.6. The van der Waals surface area contributed by atoms with Gasteiger partial charge in [0, 0.05) is 14.7 Å². The van der Waals surface area contributed by atoms with Gasteiger partial charge >= 0.3 is 11.9 Å². The van der Waals surface area contributed by atoms with Crippen molar-refractivity contribution in [3.05, 3.63) is 57.4 Å². The Bertz CT molecular complexity index is 1310. The number of hydrogen-bond donors (Lipinski definition) is 0. The van der Waals surface area contributed by atoms with Gasteiger partial charge in [-0.1, -0.05) is 23.2 Å². The molecular weight excluding hydrogens is 509 g/mol. The molecule has 0 amide bonds. The second-order valence-corrected chi connectivity index (χ2v) is 11.8. The summed E-state index contributed by atoms with van der Waals surface area (Å²) in [4.78, 5) is 24.7. The highest BCUT2D eigenvalue weighted by Crippen LogP contribution is 2.33. The van der Waals surface area contributed by atoms with Crippen LogP contribution in [0.15, 0.2) is 47.4 Å². The van der Waals surface area contributed by atoms with Gasteiger partial charge in [-0.2, -0.15) is 0 Å². The van der Waals surface area contributed by atoms with Crippen LogP contribution in [-0.2, 0) is 24.3 Å². The van der Waals surface area contributed by atoms with Gasteiger partial charge in [0.05, 0.1) is 17.7 Å². The Morgan fingerprint density at radius 1 is 1.03 bits per heavy atom. The van der Waals surface area contributed by atoms with Crippen LogP contribution in [0.2, 0.25) is 10.0 Å². The van der Waals surface area contributed by atoms with Crippen LogP contribution in [0.1, 0.15) is 30.4 Å². The molecule has 2 aromatic carbocycles. The third kappa shape index (κ3) is 5.97. The predicted molar refractivity (Wildman–Crippen MR) is 130 cm³/mol. The minimum Gasteiger partial charge on any atom is -0.465 e. The van der Waals surface area contributed by atoms with Crippen molar-refractivity contribution in [3.8, 4) is 0 Å². The summed E-state index contributed by atoms with van der Waals surface area (Å²) < 4.78 is 38.9. The standard InChI is InChI=1S/C22H21Cl2NO6S2/c1-22(2,3)31-20(26)12-25(33(28,29)17-10-14(23)9-15(24)11-17)16-5-6-18-13(7-16)8-19(32-18)21(27)30-4/h5-11H,12H2,1-4H3. The second kappa shape index (κ2) is 9.50. The molecule has 0 aliphatic heterocycles. The van der Waals surface area contributed by atoms with E-state index in [0.29, 0.717) is 10.3 Å². The number of anilines is 1. The molecule has 33 heavy (non-hydrogen) atoms. The number of sulfonamides is 1. The highest BCUT2D eigenvalue weighted by atomic mass is 35.5. The Labute approximate surface area is 205 Å². The molecule has 0 N–H and O–H groups in total. The lowest BCUT2D eigenvalue weighted by Gasteiger charge is -2.26. The average Bonchev–Trinajstić information content (AvgIpc) is 3.12. The molecule has 176 valence electrons. The molecule has 3 aromatic rings. The first-order valence-corrected chi connectivity index (χ1v) is 12.6. The Kier molecular flexibility index (Phi) is 7.28. The smallest absolute Gasteiger partial charge is 0.348 e. The molecule has 0 saturated heterocycles. The quantitative estimate of drug-likeness (QED) is 0.390. The van der Waals surface area contributed by atoms with Gasteiger partial charge in [-0.05, 0) is 68.6 Å². The number of rotatable bonds is 6. The molecule has 0 saturated carbocycles. The summed E-state index contributed by atoms with van der Waals surface area (Å²) in [7, 11) is -2.98. The van der Waals surface area contributed by atoms with E-state index in [1.165, 1.54) is 36.6 Å². The van der Waals surface area contributed by atoms with Crippen LogP contribution in [0.4, 0.5) is 5.69 Å². The number of fused-ring (bicyclic) bond motifs is 1. The lowest BCUT2D eigenvalue weighted by Crippen LogP contribution is -2.39. The minimum absolute atomic E-state index is 0.134. The molecule has 11 heteroatoms. The van der Waals surface area contributed by atoms with Crippen molar-refractivity contribution in [1.82, 2.24) is 0 Å². The Morgan fingerprint density at radius 2 is 1.67 bits per heavy atom. The van der Waals surface area contributed by atoms with Crippen LogP contribution >= 0.6 is 34.5 Å². The molecule has 0 aliphatic rings. The highest BCUT2D eigenvalue weighted by Gasteiger charge is 2.30. The SMILES string of the molecule is COC(=O)c1cc2cc(N(CC(=O)OC(C)(C)C)S(=O)(=O)c3cc(Cl)cc(Cl)c3)ccc2s1. The fourth-order valence-electron chi connectivity index (χ4n) is 3.00. The first-order valence-electron chi connectivity index (χ1n) is 9.63. The highest BCUT2D eigenvalue weighted by molar-refractivity contribution is 7.92. The van der Waals surface area contributed by atoms with Crippen LogP contribution in [0.3, 0.4) is 0 Å². The number of thiophene rings is 1. The van der Waals surface area contributed by atoms with Crippen molar-refractivity contribution in [3.63, 3.8) is 0 Å². The monoisotopic (exact) mass is 529 g/mol. The van der Waals surface area contributed by atoms with Crippen molar-refractivity contribution in [2.45, 2.75) is 31.3 Å². The summed E-state index contributed by atoms with van der Waals surface area (Å²) in [6.07, 6.45) is 0. The molecule has 0 fully saturated rings. The van der Waals surface area contributed by atoms with Crippen LogP contribution in [0.25, 0.3) is 10.1 Å². The van der Waals surface area contributed by atoms with Crippen molar-refractivity contribution in [2.75, 3.05) is 18.0 Å². The largest absolute Gasteiger partial charge is 0.465 e. The van der Waals surface area contributed by atoms with E-state index in [4.69, 9.17) is 32.7 Å². The summed E-state index contributed by atoms with van der Waals surface area (Å²) in [5, 5.41) is 0.884. The first-order chi connectivity index (χ1) is 15.3. The van der Waals surface area contributed by atoms with E-state index >= 15 is 0 Å². The Balaban J connectivity index is 2.12. The van der Waals surface area contributed by atoms with Crippen LogP contribution in [0, 0.1) is 0 Å². The summed E-state index contributed by atoms with van der Waals surface area (Å²) in [5.41, 5.74) is -0.600. The third-order valence-electron chi connectivity index (χ3n) is 4.29. The molecule has 3 rings (SSSR count). The van der Waals surface area contributed by atoms with E-state index in [-0.39, 0.29) is 20.6 Å². The molecule has 0 bridgehead atoms. The number of halogens is 2. The number of ether oxygens (including phenoxy) is 2. The fourth-order valence-corrected chi connectivity index (χ4v) is 6.09. The second-order valence-electron chi connectivity index (χ2n) is 8.03. The summed E-state index contributed by atoms with van der Waals surface area (Å²) in [6, 6.07) is 10.3. The number of hydrogen-bond acceptors (Lipinski definition) is 7. The third-order valence-corrected chi connectivity index (χ3v) is 7.58. The van der Waals surface area contributed by atoms with Gasteiger partial charge in [0.2, 0.25) is 0 Å². The zero-order valence-corrected chi connectivity index (χ0v) is 21.4. The average molecular weight is 530 g/mol. The zero-order valence-electron chi connectivity index (χ0n) is 18.2. The lowest BCUT2D eigenvalue weighted by atomic mass is 10.2. The van der Waals surface area contributed by atoms with Crippen LogP contribution < -0.4 is 4.31 Å². The molecule has 0 radical (unpaired) electrons. The molecule has 1 heterocycles. The van der Waals surface area contributed by atoms with Gasteiger partial charge < -0.3 is 9.47 Å². The molecule has 0 unspecified atom stereocenters. The molecule has 1 aromatic heterocycles. The van der Waals surface area contributed by atoms with E-state index in [2.05, 4.69) is 0 Å². The van der Waals surface area contributed by atoms with E-state index in [1.54, 1.807) is 45.0 Å². The van der Waals surface area contributed by atoms with Gasteiger partial charge in [0.15, 0.2) is 0 Å². The first kappa shape index (κ1) is 25.3. The van der Waals surface area contributed by atoms with Gasteiger partial charge in [0.1, 0.15) is 17.0 Å². The minimum atomic E-state index is -4.26. The van der Waals surface area contributed by atoms with E-state index in [9.17, 15) is 18.0 Å². The normalized spacial score (nSPS) is 11.9. The molecular formula is C22H21Cl2NO6S2. The van der Waals surface area contributed by atoms with Crippen molar-refractivity contribution in [2.24, 2.45) is 0 Å². The Hall–Kier alpha value is -2.33. The number of nitrogens with zero attached hydrogens (tertiary/aromatic N) is 1.